The molecule has 0 amide bonds. The van der Waals surface area contributed by atoms with Crippen LogP contribution >= 0.6 is 0 Å². The first-order chi connectivity index (χ1) is 9.84. The normalized spacial score (nSPS) is 21.0. The maximum atomic E-state index is 11.8. The Bertz CT molecular complexity index is 646. The molecule has 21 heavy (non-hydrogen) atoms. The minimum atomic E-state index is -3.23. The first-order valence-corrected chi connectivity index (χ1v) is 8.20. The molecule has 1 aliphatic heterocycles. The molecule has 0 spiro atoms. The summed E-state index contributed by atoms with van der Waals surface area (Å²) in [6, 6.07) is -0.639. The number of carboxylic acids is 1. The number of hydrogen-bond acceptors (Lipinski definition) is 7. The summed E-state index contributed by atoms with van der Waals surface area (Å²) >= 11 is 0. The summed E-state index contributed by atoms with van der Waals surface area (Å²) in [6.07, 6.45) is 1.06. The largest absolute Gasteiger partial charge is 0.481 e. The van der Waals surface area contributed by atoms with Crippen LogP contribution in [0.5, 0.6) is 5.88 Å². The van der Waals surface area contributed by atoms with E-state index in [1.807, 2.05) is 0 Å². The average Bonchev–Trinajstić information content (AvgIpc) is 2.38. The van der Waals surface area contributed by atoms with Gasteiger partial charge in [-0.1, -0.05) is 0 Å². The number of carboxylic acid groups (broad SMARTS) is 1. The van der Waals surface area contributed by atoms with Crippen molar-refractivity contribution in [2.24, 2.45) is 0 Å². The van der Waals surface area contributed by atoms with Gasteiger partial charge in [0.25, 0.3) is 0 Å². The number of hydrogen-bond donors (Lipinski definition) is 1. The Morgan fingerprint density at radius 3 is 2.86 bits per heavy atom. The number of nitrogens with zero attached hydrogens (tertiary/aromatic N) is 3. The molecule has 9 heteroatoms. The molecular weight excluding hydrogens is 298 g/mol. The number of methoxy groups -OCH3 is 1. The van der Waals surface area contributed by atoms with E-state index in [1.54, 1.807) is 11.8 Å². The zero-order chi connectivity index (χ0) is 15.6. The Balaban J connectivity index is 2.38. The third-order valence-corrected chi connectivity index (χ3v) is 5.11. The van der Waals surface area contributed by atoms with Gasteiger partial charge in [0.15, 0.2) is 9.84 Å². The van der Waals surface area contributed by atoms with E-state index >= 15 is 0 Å². The molecule has 1 atom stereocenters. The predicted molar refractivity (Wildman–Crippen MR) is 75.4 cm³/mol. The minimum absolute atomic E-state index is 0.0190. The predicted octanol–water partition coefficient (Wildman–Crippen LogP) is -0.128. The van der Waals surface area contributed by atoms with Crippen LogP contribution in [0, 0.1) is 6.92 Å². The molecule has 0 bridgehead atoms. The zero-order valence-corrected chi connectivity index (χ0v) is 12.6. The standard InChI is InChI=1S/C12H17N3O5S/c1-8-11(13-7-14-12(8)20-2)15-3-4-21(18,19)6-9(15)5-10(16)17/h7,9H,3-6H2,1-2H3,(H,16,17). The van der Waals surface area contributed by atoms with E-state index in [9.17, 15) is 13.2 Å². The lowest BCUT2D eigenvalue weighted by Crippen LogP contribution is -2.50. The lowest BCUT2D eigenvalue weighted by molar-refractivity contribution is -0.137. The molecule has 0 saturated carbocycles. The van der Waals surface area contributed by atoms with Crippen LogP contribution in [0.25, 0.3) is 0 Å². The van der Waals surface area contributed by atoms with Gasteiger partial charge >= 0.3 is 5.97 Å². The van der Waals surface area contributed by atoms with Gasteiger partial charge in [-0.3, -0.25) is 4.79 Å². The smallest absolute Gasteiger partial charge is 0.305 e. The average molecular weight is 315 g/mol. The topological polar surface area (TPSA) is 110 Å². The number of ether oxygens (including phenoxy) is 1. The van der Waals surface area contributed by atoms with Crippen LogP contribution in [0.3, 0.4) is 0 Å². The summed E-state index contributed by atoms with van der Waals surface area (Å²) in [4.78, 5) is 20.8. The molecule has 116 valence electrons. The third-order valence-electron chi connectivity index (χ3n) is 3.42. The molecule has 1 N–H and O–H groups in total. The van der Waals surface area contributed by atoms with Crippen molar-refractivity contribution in [3.63, 3.8) is 0 Å². The molecule has 0 aromatic carbocycles. The third kappa shape index (κ3) is 3.41. The summed E-state index contributed by atoms with van der Waals surface area (Å²) in [5.41, 5.74) is 0.662. The van der Waals surface area contributed by atoms with Crippen molar-refractivity contribution in [1.29, 1.82) is 0 Å². The van der Waals surface area contributed by atoms with Crippen LogP contribution in [0.15, 0.2) is 6.33 Å². The highest BCUT2D eigenvalue weighted by Gasteiger charge is 2.34. The number of carbonyl (C=O) groups is 1. The molecule has 0 radical (unpaired) electrons. The Labute approximate surface area is 122 Å². The highest BCUT2D eigenvalue weighted by Crippen LogP contribution is 2.28. The van der Waals surface area contributed by atoms with Crippen LogP contribution in [0.4, 0.5) is 5.82 Å². The first kappa shape index (κ1) is 15.5. The van der Waals surface area contributed by atoms with Gasteiger partial charge in [-0.25, -0.2) is 18.4 Å². The number of sulfone groups is 1. The first-order valence-electron chi connectivity index (χ1n) is 6.38. The second-order valence-electron chi connectivity index (χ2n) is 4.89. The van der Waals surface area contributed by atoms with E-state index < -0.39 is 21.8 Å². The molecule has 1 aliphatic rings. The lowest BCUT2D eigenvalue weighted by Gasteiger charge is -2.36. The molecule has 1 aromatic heterocycles. The molecule has 1 aromatic rings. The fourth-order valence-corrected chi connectivity index (χ4v) is 3.98. The molecular formula is C12H17N3O5S. The molecule has 1 unspecified atom stereocenters. The Hall–Kier alpha value is -1.90. The van der Waals surface area contributed by atoms with Crippen LogP contribution in [0.2, 0.25) is 0 Å². The fourth-order valence-electron chi connectivity index (χ4n) is 2.46. The molecule has 1 saturated heterocycles. The molecule has 1 fully saturated rings. The van der Waals surface area contributed by atoms with E-state index in [0.29, 0.717) is 17.3 Å². The van der Waals surface area contributed by atoms with E-state index in [2.05, 4.69) is 9.97 Å². The molecule has 2 heterocycles. The van der Waals surface area contributed by atoms with E-state index in [0.717, 1.165) is 0 Å². The van der Waals surface area contributed by atoms with Gasteiger partial charge in [0.1, 0.15) is 12.1 Å². The van der Waals surface area contributed by atoms with E-state index in [4.69, 9.17) is 9.84 Å². The van der Waals surface area contributed by atoms with Crippen LogP contribution in [0.1, 0.15) is 12.0 Å². The van der Waals surface area contributed by atoms with Gasteiger partial charge in [-0.05, 0) is 6.92 Å². The highest BCUT2D eigenvalue weighted by molar-refractivity contribution is 7.91. The highest BCUT2D eigenvalue weighted by atomic mass is 32.2. The van der Waals surface area contributed by atoms with Crippen molar-refractivity contribution in [3.05, 3.63) is 11.9 Å². The van der Waals surface area contributed by atoms with Gasteiger partial charge in [-0.2, -0.15) is 0 Å². The van der Waals surface area contributed by atoms with Crippen LogP contribution in [-0.4, -0.2) is 60.7 Å². The van der Waals surface area contributed by atoms with E-state index in [1.165, 1.54) is 13.4 Å². The monoisotopic (exact) mass is 315 g/mol. The van der Waals surface area contributed by atoms with Crippen LogP contribution in [-0.2, 0) is 14.6 Å². The fraction of sp³-hybridized carbons (Fsp3) is 0.583. The van der Waals surface area contributed by atoms with Gasteiger partial charge < -0.3 is 14.7 Å². The number of aliphatic carboxylic acids is 1. The molecule has 0 aliphatic carbocycles. The molecule has 8 nitrogen and oxygen atoms in total. The van der Waals surface area contributed by atoms with Gasteiger partial charge in [0.2, 0.25) is 5.88 Å². The second-order valence-corrected chi connectivity index (χ2v) is 7.12. The summed E-state index contributed by atoms with van der Waals surface area (Å²) in [6.45, 7) is 1.97. The Morgan fingerprint density at radius 1 is 1.52 bits per heavy atom. The molecule has 2 rings (SSSR count). The Morgan fingerprint density at radius 2 is 2.24 bits per heavy atom. The van der Waals surface area contributed by atoms with Crippen molar-refractivity contribution in [1.82, 2.24) is 9.97 Å². The maximum Gasteiger partial charge on any atom is 0.305 e. The van der Waals surface area contributed by atoms with Gasteiger partial charge in [0, 0.05) is 6.54 Å². The van der Waals surface area contributed by atoms with Crippen molar-refractivity contribution in [2.45, 2.75) is 19.4 Å². The second kappa shape index (κ2) is 5.84. The van der Waals surface area contributed by atoms with Crippen molar-refractivity contribution >= 4 is 21.6 Å². The summed E-state index contributed by atoms with van der Waals surface area (Å²) in [5.74, 6) is -0.341. The summed E-state index contributed by atoms with van der Waals surface area (Å²) in [5, 5.41) is 8.99. The summed E-state index contributed by atoms with van der Waals surface area (Å²) in [7, 11) is -1.75. The number of rotatable bonds is 4. The SMILES string of the molecule is COc1ncnc(N2CCS(=O)(=O)CC2CC(=O)O)c1C. The number of anilines is 1. The quantitative estimate of drug-likeness (QED) is 0.818. The number of aromatic nitrogens is 2. The van der Waals surface area contributed by atoms with Crippen LogP contribution < -0.4 is 9.64 Å². The zero-order valence-electron chi connectivity index (χ0n) is 11.8. The Kier molecular flexibility index (Phi) is 4.31. The summed E-state index contributed by atoms with van der Waals surface area (Å²) < 4.78 is 28.6. The maximum absolute atomic E-state index is 11.8. The van der Waals surface area contributed by atoms with Crippen molar-refractivity contribution in [2.75, 3.05) is 30.1 Å². The van der Waals surface area contributed by atoms with Crippen molar-refractivity contribution < 1.29 is 23.1 Å². The van der Waals surface area contributed by atoms with E-state index in [-0.39, 0.29) is 24.5 Å². The van der Waals surface area contributed by atoms with Gasteiger partial charge in [-0.15, -0.1) is 0 Å². The van der Waals surface area contributed by atoms with Gasteiger partial charge in [0.05, 0.1) is 36.6 Å². The van der Waals surface area contributed by atoms with Crippen molar-refractivity contribution in [3.8, 4) is 5.88 Å². The lowest BCUT2D eigenvalue weighted by atomic mass is 10.1. The minimum Gasteiger partial charge on any atom is -0.481 e.